The zero-order valence-corrected chi connectivity index (χ0v) is 21.5. The Balaban J connectivity index is 1.53. The van der Waals surface area contributed by atoms with E-state index in [1.165, 1.54) is 24.6 Å². The number of amides is 1. The molecule has 1 amide bonds. The van der Waals surface area contributed by atoms with Crippen LogP contribution in [0.4, 0.5) is 0 Å². The van der Waals surface area contributed by atoms with Gasteiger partial charge in [0.1, 0.15) is 0 Å². The van der Waals surface area contributed by atoms with Gasteiger partial charge in [-0.3, -0.25) is 14.0 Å². The summed E-state index contributed by atoms with van der Waals surface area (Å²) in [5.74, 6) is 1.57. The number of carbonyl (C=O) groups excluding carboxylic acids is 1. The number of para-hydroxylation sites is 1. The molecule has 2 aromatic heterocycles. The average molecular weight is 490 g/mol. The lowest BCUT2D eigenvalue weighted by Gasteiger charge is -2.33. The quantitative estimate of drug-likeness (QED) is 0.377. The van der Waals surface area contributed by atoms with Crippen LogP contribution < -0.4 is 5.56 Å². The number of aromatic nitrogens is 4. The van der Waals surface area contributed by atoms with Gasteiger partial charge in [-0.1, -0.05) is 48.5 Å². The Morgan fingerprint density at radius 3 is 2.57 bits per heavy atom. The minimum atomic E-state index is -0.133. The number of fused-ring (bicyclic) bond motifs is 3. The van der Waals surface area contributed by atoms with Crippen molar-refractivity contribution in [3.63, 3.8) is 0 Å². The molecule has 0 unspecified atom stereocenters. The first-order valence-electron chi connectivity index (χ1n) is 12.2. The van der Waals surface area contributed by atoms with Gasteiger partial charge in [0.25, 0.3) is 5.56 Å². The Morgan fingerprint density at radius 2 is 1.83 bits per heavy atom. The summed E-state index contributed by atoms with van der Waals surface area (Å²) in [6, 6.07) is 13.8. The van der Waals surface area contributed by atoms with Crippen molar-refractivity contribution < 1.29 is 4.79 Å². The number of benzene rings is 2. The van der Waals surface area contributed by atoms with Crippen LogP contribution in [0.2, 0.25) is 0 Å². The fraction of sp³-hybridized carbons (Fsp3) is 0.407. The van der Waals surface area contributed by atoms with E-state index in [1.54, 1.807) is 4.57 Å². The Kier molecular flexibility index (Phi) is 6.40. The van der Waals surface area contributed by atoms with Crippen molar-refractivity contribution in [2.24, 2.45) is 5.92 Å². The van der Waals surface area contributed by atoms with Crippen LogP contribution in [-0.4, -0.2) is 48.8 Å². The fourth-order valence-electron chi connectivity index (χ4n) is 5.11. The first-order chi connectivity index (χ1) is 16.8. The molecular weight excluding hydrogens is 458 g/mol. The SMILES string of the molecule is Cc1ccc(-n2c(=O)c3ccccc3n3c(SCC(=O)N(C)C4CCC(C)CC4)nnc23)c(C)c1. The molecule has 0 radical (unpaired) electrons. The van der Waals surface area contributed by atoms with Crippen molar-refractivity contribution >= 4 is 34.3 Å². The van der Waals surface area contributed by atoms with Crippen molar-refractivity contribution in [3.8, 4) is 5.69 Å². The van der Waals surface area contributed by atoms with Gasteiger partial charge in [-0.05, 0) is 69.2 Å². The van der Waals surface area contributed by atoms with Gasteiger partial charge in [-0.15, -0.1) is 10.2 Å². The molecule has 8 heteroatoms. The molecule has 7 nitrogen and oxygen atoms in total. The van der Waals surface area contributed by atoms with Gasteiger partial charge >= 0.3 is 0 Å². The highest BCUT2D eigenvalue weighted by Crippen LogP contribution is 2.28. The van der Waals surface area contributed by atoms with Crippen LogP contribution in [0.3, 0.4) is 0 Å². The molecule has 182 valence electrons. The summed E-state index contributed by atoms with van der Waals surface area (Å²) in [4.78, 5) is 28.5. The number of hydrogen-bond donors (Lipinski definition) is 0. The Labute approximate surface area is 209 Å². The predicted molar refractivity (Wildman–Crippen MR) is 140 cm³/mol. The van der Waals surface area contributed by atoms with Crippen LogP contribution in [0.25, 0.3) is 22.4 Å². The molecule has 2 heterocycles. The molecule has 5 rings (SSSR count). The normalized spacial score (nSPS) is 18.3. The van der Waals surface area contributed by atoms with Crippen LogP contribution in [0, 0.1) is 19.8 Å². The monoisotopic (exact) mass is 489 g/mol. The molecule has 1 aliphatic carbocycles. The van der Waals surface area contributed by atoms with Crippen LogP contribution >= 0.6 is 11.8 Å². The third-order valence-electron chi connectivity index (χ3n) is 7.24. The second kappa shape index (κ2) is 9.49. The molecule has 4 aromatic rings. The van der Waals surface area contributed by atoms with Crippen molar-refractivity contribution in [2.45, 2.75) is 57.7 Å². The third kappa shape index (κ3) is 4.35. The van der Waals surface area contributed by atoms with E-state index in [9.17, 15) is 9.59 Å². The minimum absolute atomic E-state index is 0.0957. The van der Waals surface area contributed by atoms with E-state index < -0.39 is 0 Å². The van der Waals surface area contributed by atoms with Crippen LogP contribution in [0.15, 0.2) is 52.4 Å². The highest BCUT2D eigenvalue weighted by molar-refractivity contribution is 7.99. The number of nitrogens with zero attached hydrogens (tertiary/aromatic N) is 5. The molecule has 0 aliphatic heterocycles. The van der Waals surface area contributed by atoms with Crippen molar-refractivity contribution in [1.29, 1.82) is 0 Å². The van der Waals surface area contributed by atoms with Gasteiger partial charge in [0.2, 0.25) is 11.7 Å². The number of aryl methyl sites for hydroxylation is 2. The summed E-state index contributed by atoms with van der Waals surface area (Å²) in [5.41, 5.74) is 3.50. The number of thioether (sulfide) groups is 1. The van der Waals surface area contributed by atoms with E-state index in [4.69, 9.17) is 0 Å². The van der Waals surface area contributed by atoms with E-state index in [2.05, 4.69) is 23.2 Å². The lowest BCUT2D eigenvalue weighted by molar-refractivity contribution is -0.129. The average Bonchev–Trinajstić information content (AvgIpc) is 3.27. The summed E-state index contributed by atoms with van der Waals surface area (Å²) in [7, 11) is 1.92. The molecule has 0 N–H and O–H groups in total. The molecule has 35 heavy (non-hydrogen) atoms. The van der Waals surface area contributed by atoms with Gasteiger partial charge in [-0.25, -0.2) is 4.57 Å². The number of rotatable bonds is 5. The first-order valence-corrected chi connectivity index (χ1v) is 13.2. The summed E-state index contributed by atoms with van der Waals surface area (Å²) in [5, 5.41) is 10.0. The fourth-order valence-corrected chi connectivity index (χ4v) is 5.97. The van der Waals surface area contributed by atoms with Crippen molar-refractivity contribution in [3.05, 3.63) is 63.9 Å². The number of hydrogen-bond acceptors (Lipinski definition) is 5. The summed E-state index contributed by atoms with van der Waals surface area (Å²) >= 11 is 1.37. The molecule has 0 saturated heterocycles. The second-order valence-electron chi connectivity index (χ2n) is 9.77. The predicted octanol–water partition coefficient (Wildman–Crippen LogP) is 4.78. The number of carbonyl (C=O) groups is 1. The van der Waals surface area contributed by atoms with Gasteiger partial charge in [0, 0.05) is 13.1 Å². The molecule has 2 aromatic carbocycles. The van der Waals surface area contributed by atoms with Crippen LogP contribution in [-0.2, 0) is 4.79 Å². The molecule has 0 atom stereocenters. The first kappa shape index (κ1) is 23.6. The largest absolute Gasteiger partial charge is 0.342 e. The Hall–Kier alpha value is -3.13. The summed E-state index contributed by atoms with van der Waals surface area (Å²) < 4.78 is 3.53. The lowest BCUT2D eigenvalue weighted by Crippen LogP contribution is -2.40. The van der Waals surface area contributed by atoms with Gasteiger partial charge < -0.3 is 4.90 Å². The summed E-state index contributed by atoms with van der Waals surface area (Å²) in [6.07, 6.45) is 4.47. The summed E-state index contributed by atoms with van der Waals surface area (Å²) in [6.45, 7) is 6.31. The van der Waals surface area contributed by atoms with Crippen molar-refractivity contribution in [1.82, 2.24) is 24.1 Å². The maximum absolute atomic E-state index is 13.6. The Morgan fingerprint density at radius 1 is 1.09 bits per heavy atom. The van der Waals surface area contributed by atoms with E-state index in [0.29, 0.717) is 22.4 Å². The molecule has 1 fully saturated rings. The van der Waals surface area contributed by atoms with Gasteiger partial charge in [0.15, 0.2) is 5.16 Å². The Bertz CT molecular complexity index is 1470. The van der Waals surface area contributed by atoms with Crippen LogP contribution in [0.1, 0.15) is 43.7 Å². The molecular formula is C27H31N5O2S. The van der Waals surface area contributed by atoms with E-state index >= 15 is 0 Å². The third-order valence-corrected chi connectivity index (χ3v) is 8.15. The van der Waals surface area contributed by atoms with Crippen LogP contribution in [0.5, 0.6) is 0 Å². The standard InChI is InChI=1S/C27H31N5O2S/c1-17-9-12-20(13-10-17)30(4)24(33)16-35-27-29-28-26-31(22-14-11-18(2)15-19(22)3)25(34)21-7-5-6-8-23(21)32(26)27/h5-8,11,14-15,17,20H,9-10,12-13,16H2,1-4H3. The molecule has 0 bridgehead atoms. The lowest BCUT2D eigenvalue weighted by atomic mass is 9.87. The maximum atomic E-state index is 13.6. The zero-order chi connectivity index (χ0) is 24.7. The van der Waals surface area contributed by atoms with E-state index in [-0.39, 0.29) is 17.2 Å². The van der Waals surface area contributed by atoms with Gasteiger partial charge in [0.05, 0.1) is 22.3 Å². The van der Waals surface area contributed by atoms with Gasteiger partial charge in [-0.2, -0.15) is 0 Å². The van der Waals surface area contributed by atoms with E-state index in [1.807, 2.05) is 66.6 Å². The molecule has 1 aliphatic rings. The highest BCUT2D eigenvalue weighted by Gasteiger charge is 2.26. The smallest absolute Gasteiger partial charge is 0.267 e. The van der Waals surface area contributed by atoms with Crippen molar-refractivity contribution in [2.75, 3.05) is 12.8 Å². The maximum Gasteiger partial charge on any atom is 0.267 e. The molecule has 0 spiro atoms. The minimum Gasteiger partial charge on any atom is -0.342 e. The molecule has 1 saturated carbocycles. The van der Waals surface area contributed by atoms with E-state index in [0.717, 1.165) is 41.1 Å². The second-order valence-corrected chi connectivity index (χ2v) is 10.7. The topological polar surface area (TPSA) is 72.5 Å². The zero-order valence-electron chi connectivity index (χ0n) is 20.7. The highest BCUT2D eigenvalue weighted by atomic mass is 32.2.